The van der Waals surface area contributed by atoms with Gasteiger partial charge in [0.05, 0.1) is 6.61 Å². The van der Waals surface area contributed by atoms with Crippen molar-refractivity contribution in [3.63, 3.8) is 0 Å². The van der Waals surface area contributed by atoms with Gasteiger partial charge < -0.3 is 10.1 Å². The minimum absolute atomic E-state index is 0.650. The van der Waals surface area contributed by atoms with E-state index >= 15 is 0 Å². The second-order valence-corrected chi connectivity index (χ2v) is 5.56. The summed E-state index contributed by atoms with van der Waals surface area (Å²) in [5.74, 6) is 0.650. The van der Waals surface area contributed by atoms with E-state index in [1.807, 2.05) is 0 Å². The molecule has 1 N–H and O–H groups in total. The lowest BCUT2D eigenvalue weighted by Crippen LogP contribution is -2.40. The van der Waals surface area contributed by atoms with Crippen LogP contribution in [-0.2, 0) is 4.74 Å². The predicted molar refractivity (Wildman–Crippen MR) is 66.7 cm³/mol. The maximum absolute atomic E-state index is 5.59. The standard InChI is InChI=1S/C13H26N2O/c1-11(2)10-16-9-6-14-12-5-8-15-7-3-4-13(12)15/h11-14H,3-10H2,1-2H3. The second kappa shape index (κ2) is 5.99. The highest BCUT2D eigenvalue weighted by atomic mass is 16.5. The summed E-state index contributed by atoms with van der Waals surface area (Å²) in [6.45, 7) is 9.79. The molecule has 2 aliphatic heterocycles. The van der Waals surface area contributed by atoms with Gasteiger partial charge in [0.15, 0.2) is 0 Å². The normalized spacial score (nSPS) is 30.2. The molecule has 3 heteroatoms. The third kappa shape index (κ3) is 3.19. The van der Waals surface area contributed by atoms with Gasteiger partial charge in [-0.05, 0) is 31.7 Å². The summed E-state index contributed by atoms with van der Waals surface area (Å²) in [5.41, 5.74) is 0. The Morgan fingerprint density at radius 3 is 3.00 bits per heavy atom. The molecule has 0 aromatic rings. The average Bonchev–Trinajstić information content (AvgIpc) is 2.80. The molecule has 0 aromatic carbocycles. The summed E-state index contributed by atoms with van der Waals surface area (Å²) in [4.78, 5) is 2.65. The van der Waals surface area contributed by atoms with Crippen LogP contribution < -0.4 is 5.32 Å². The molecule has 0 radical (unpaired) electrons. The van der Waals surface area contributed by atoms with E-state index in [0.717, 1.165) is 31.8 Å². The van der Waals surface area contributed by atoms with Crippen molar-refractivity contribution in [1.82, 2.24) is 10.2 Å². The third-order valence-corrected chi connectivity index (χ3v) is 3.71. The zero-order valence-electron chi connectivity index (χ0n) is 10.7. The van der Waals surface area contributed by atoms with Gasteiger partial charge in [-0.15, -0.1) is 0 Å². The summed E-state index contributed by atoms with van der Waals surface area (Å²) in [6.07, 6.45) is 4.12. The highest BCUT2D eigenvalue weighted by Gasteiger charge is 2.36. The lowest BCUT2D eigenvalue weighted by atomic mass is 10.1. The van der Waals surface area contributed by atoms with Gasteiger partial charge in [0.1, 0.15) is 0 Å². The van der Waals surface area contributed by atoms with Crippen molar-refractivity contribution in [1.29, 1.82) is 0 Å². The fourth-order valence-electron chi connectivity index (χ4n) is 2.96. The molecule has 2 rings (SSSR count). The molecular formula is C13H26N2O. The summed E-state index contributed by atoms with van der Waals surface area (Å²) < 4.78 is 5.59. The predicted octanol–water partition coefficient (Wildman–Crippen LogP) is 1.49. The first-order chi connectivity index (χ1) is 7.77. The van der Waals surface area contributed by atoms with E-state index in [4.69, 9.17) is 4.74 Å². The van der Waals surface area contributed by atoms with Crippen molar-refractivity contribution in [2.24, 2.45) is 5.92 Å². The Hall–Kier alpha value is -0.120. The molecule has 2 unspecified atom stereocenters. The van der Waals surface area contributed by atoms with Crippen LogP contribution in [0.5, 0.6) is 0 Å². The van der Waals surface area contributed by atoms with Gasteiger partial charge in [-0.3, -0.25) is 4.90 Å². The highest BCUT2D eigenvalue weighted by molar-refractivity contribution is 4.95. The highest BCUT2D eigenvalue weighted by Crippen LogP contribution is 2.27. The van der Waals surface area contributed by atoms with Crippen LogP contribution in [0.4, 0.5) is 0 Å². The molecule has 16 heavy (non-hydrogen) atoms. The van der Waals surface area contributed by atoms with Gasteiger partial charge in [0, 0.05) is 31.8 Å². The number of hydrogen-bond donors (Lipinski definition) is 1. The Kier molecular flexibility index (Phi) is 4.62. The van der Waals surface area contributed by atoms with Crippen molar-refractivity contribution in [2.45, 2.75) is 45.2 Å². The number of nitrogens with zero attached hydrogens (tertiary/aromatic N) is 1. The number of hydrogen-bond acceptors (Lipinski definition) is 3. The Morgan fingerprint density at radius 2 is 2.19 bits per heavy atom. The molecule has 94 valence electrons. The molecule has 0 aliphatic carbocycles. The topological polar surface area (TPSA) is 24.5 Å². The quantitative estimate of drug-likeness (QED) is 0.694. The smallest absolute Gasteiger partial charge is 0.0591 e. The van der Waals surface area contributed by atoms with Crippen LogP contribution in [-0.4, -0.2) is 49.8 Å². The minimum Gasteiger partial charge on any atom is -0.380 e. The monoisotopic (exact) mass is 226 g/mol. The summed E-state index contributed by atoms with van der Waals surface area (Å²) in [6, 6.07) is 1.55. The van der Waals surface area contributed by atoms with Crippen LogP contribution in [0.2, 0.25) is 0 Å². The number of fused-ring (bicyclic) bond motifs is 1. The lowest BCUT2D eigenvalue weighted by molar-refractivity contribution is 0.109. The van der Waals surface area contributed by atoms with Crippen LogP contribution >= 0.6 is 0 Å². The first-order valence-electron chi connectivity index (χ1n) is 6.82. The van der Waals surface area contributed by atoms with E-state index in [0.29, 0.717) is 5.92 Å². The molecule has 0 bridgehead atoms. The van der Waals surface area contributed by atoms with Gasteiger partial charge in [0.2, 0.25) is 0 Å². The summed E-state index contributed by atoms with van der Waals surface area (Å²) >= 11 is 0. The molecule has 0 aromatic heterocycles. The molecule has 2 heterocycles. The van der Waals surface area contributed by atoms with Crippen molar-refractivity contribution in [3.05, 3.63) is 0 Å². The molecule has 2 fully saturated rings. The lowest BCUT2D eigenvalue weighted by Gasteiger charge is -2.21. The third-order valence-electron chi connectivity index (χ3n) is 3.71. The van der Waals surface area contributed by atoms with Gasteiger partial charge in [-0.1, -0.05) is 13.8 Å². The van der Waals surface area contributed by atoms with E-state index < -0.39 is 0 Å². The van der Waals surface area contributed by atoms with E-state index in [-0.39, 0.29) is 0 Å². The minimum atomic E-state index is 0.650. The number of nitrogens with one attached hydrogen (secondary N) is 1. The molecule has 0 amide bonds. The van der Waals surface area contributed by atoms with Gasteiger partial charge >= 0.3 is 0 Å². The summed E-state index contributed by atoms with van der Waals surface area (Å²) in [5, 5.41) is 3.66. The first-order valence-corrected chi connectivity index (χ1v) is 6.82. The molecule has 2 saturated heterocycles. The van der Waals surface area contributed by atoms with Crippen molar-refractivity contribution in [3.8, 4) is 0 Å². The van der Waals surface area contributed by atoms with Crippen LogP contribution in [0.25, 0.3) is 0 Å². The van der Waals surface area contributed by atoms with Crippen LogP contribution in [0, 0.1) is 5.92 Å². The first kappa shape index (κ1) is 12.3. The van der Waals surface area contributed by atoms with E-state index in [2.05, 4.69) is 24.1 Å². The van der Waals surface area contributed by atoms with Crippen molar-refractivity contribution < 1.29 is 4.74 Å². The van der Waals surface area contributed by atoms with E-state index in [1.54, 1.807) is 0 Å². The van der Waals surface area contributed by atoms with E-state index in [9.17, 15) is 0 Å². The fourth-order valence-corrected chi connectivity index (χ4v) is 2.96. The fraction of sp³-hybridized carbons (Fsp3) is 1.00. The molecule has 0 saturated carbocycles. The Bertz CT molecular complexity index is 208. The zero-order valence-corrected chi connectivity index (χ0v) is 10.7. The van der Waals surface area contributed by atoms with Gasteiger partial charge in [-0.2, -0.15) is 0 Å². The average molecular weight is 226 g/mol. The van der Waals surface area contributed by atoms with Crippen LogP contribution in [0.15, 0.2) is 0 Å². The SMILES string of the molecule is CC(C)COCCNC1CCN2CCCC12. The van der Waals surface area contributed by atoms with Crippen molar-refractivity contribution >= 4 is 0 Å². The second-order valence-electron chi connectivity index (χ2n) is 5.56. The molecule has 3 nitrogen and oxygen atoms in total. The maximum atomic E-state index is 5.59. The van der Waals surface area contributed by atoms with Gasteiger partial charge in [-0.25, -0.2) is 0 Å². The molecule has 2 atom stereocenters. The summed E-state index contributed by atoms with van der Waals surface area (Å²) in [7, 11) is 0. The maximum Gasteiger partial charge on any atom is 0.0591 e. The largest absolute Gasteiger partial charge is 0.380 e. The molecule has 2 aliphatic rings. The van der Waals surface area contributed by atoms with Crippen molar-refractivity contribution in [2.75, 3.05) is 32.8 Å². The molecule has 0 spiro atoms. The Balaban J connectivity index is 1.56. The van der Waals surface area contributed by atoms with Crippen LogP contribution in [0.3, 0.4) is 0 Å². The van der Waals surface area contributed by atoms with Gasteiger partial charge in [0.25, 0.3) is 0 Å². The zero-order chi connectivity index (χ0) is 11.4. The Morgan fingerprint density at radius 1 is 1.31 bits per heavy atom. The van der Waals surface area contributed by atoms with E-state index in [1.165, 1.54) is 32.4 Å². The number of rotatable bonds is 6. The Labute approximate surface area is 99.5 Å². The molecular weight excluding hydrogens is 200 g/mol. The number of ether oxygens (including phenoxy) is 1. The van der Waals surface area contributed by atoms with Crippen LogP contribution in [0.1, 0.15) is 33.1 Å².